The molecule has 1 fully saturated rings. The van der Waals surface area contributed by atoms with Gasteiger partial charge in [-0.2, -0.15) is 0 Å². The standard InChI is InChI=1S/C26H24N2O5/c1-4-33-20-9-5-8-18(14-20)28-23(17-7-6-12-27-15-17)22(25(30)26(28)31)24(29)21-11-10-19(32-3)13-16(21)2/h5-15,23,29H,4H2,1-3H3/b24-22-. The number of aryl methyl sites for hydroxylation is 1. The zero-order chi connectivity index (χ0) is 23.5. The van der Waals surface area contributed by atoms with Crippen molar-refractivity contribution in [2.24, 2.45) is 0 Å². The van der Waals surface area contributed by atoms with Gasteiger partial charge in [-0.15, -0.1) is 0 Å². The predicted molar refractivity (Wildman–Crippen MR) is 124 cm³/mol. The number of aromatic nitrogens is 1. The minimum atomic E-state index is -0.850. The molecule has 7 nitrogen and oxygen atoms in total. The number of Topliss-reactive ketones (excluding diaryl/α,β-unsaturated/α-hetero) is 1. The minimum Gasteiger partial charge on any atom is -0.507 e. The molecule has 4 rings (SSSR count). The van der Waals surface area contributed by atoms with E-state index in [1.807, 2.05) is 6.92 Å². The number of amides is 1. The molecule has 1 amide bonds. The van der Waals surface area contributed by atoms with Crippen LogP contribution in [0, 0.1) is 6.92 Å². The molecule has 1 N–H and O–H groups in total. The number of hydrogen-bond acceptors (Lipinski definition) is 6. The highest BCUT2D eigenvalue weighted by molar-refractivity contribution is 6.51. The number of ketones is 1. The summed E-state index contributed by atoms with van der Waals surface area (Å²) in [5.41, 5.74) is 2.25. The van der Waals surface area contributed by atoms with Gasteiger partial charge in [0.25, 0.3) is 11.7 Å². The fourth-order valence-corrected chi connectivity index (χ4v) is 4.02. The minimum absolute atomic E-state index is 0.00285. The molecule has 1 aliphatic heterocycles. The van der Waals surface area contributed by atoms with Crippen LogP contribution >= 0.6 is 0 Å². The molecule has 33 heavy (non-hydrogen) atoms. The number of methoxy groups -OCH3 is 1. The van der Waals surface area contributed by atoms with Crippen molar-refractivity contribution in [1.82, 2.24) is 4.98 Å². The van der Waals surface area contributed by atoms with Crippen LogP contribution in [0.4, 0.5) is 5.69 Å². The third-order valence-electron chi connectivity index (χ3n) is 5.54. The molecule has 1 saturated heterocycles. The molecule has 0 saturated carbocycles. The Kier molecular flexibility index (Phi) is 6.13. The average molecular weight is 444 g/mol. The average Bonchev–Trinajstić information content (AvgIpc) is 3.10. The molecule has 3 aromatic rings. The van der Waals surface area contributed by atoms with E-state index in [1.54, 1.807) is 81.0 Å². The smallest absolute Gasteiger partial charge is 0.300 e. The Labute approximate surface area is 191 Å². The van der Waals surface area contributed by atoms with Crippen molar-refractivity contribution >= 4 is 23.1 Å². The summed E-state index contributed by atoms with van der Waals surface area (Å²) in [6, 6.07) is 14.8. The lowest BCUT2D eigenvalue weighted by atomic mass is 9.94. The fourth-order valence-electron chi connectivity index (χ4n) is 4.02. The van der Waals surface area contributed by atoms with Gasteiger partial charge in [-0.25, -0.2) is 0 Å². The molecule has 1 aromatic heterocycles. The lowest BCUT2D eigenvalue weighted by molar-refractivity contribution is -0.132. The maximum atomic E-state index is 13.2. The van der Waals surface area contributed by atoms with E-state index in [4.69, 9.17) is 9.47 Å². The molecule has 0 aliphatic carbocycles. The van der Waals surface area contributed by atoms with Crippen LogP contribution in [0.2, 0.25) is 0 Å². The van der Waals surface area contributed by atoms with Crippen molar-refractivity contribution in [3.8, 4) is 11.5 Å². The largest absolute Gasteiger partial charge is 0.507 e. The van der Waals surface area contributed by atoms with E-state index < -0.39 is 17.7 Å². The number of aliphatic hydroxyl groups is 1. The number of ether oxygens (including phenoxy) is 2. The van der Waals surface area contributed by atoms with Crippen molar-refractivity contribution in [2.75, 3.05) is 18.6 Å². The summed E-state index contributed by atoms with van der Waals surface area (Å²) in [6.07, 6.45) is 3.20. The second-order valence-electron chi connectivity index (χ2n) is 7.57. The molecule has 168 valence electrons. The molecule has 1 unspecified atom stereocenters. The maximum absolute atomic E-state index is 13.2. The Morgan fingerprint density at radius 2 is 1.91 bits per heavy atom. The number of pyridine rings is 1. The van der Waals surface area contributed by atoms with Crippen molar-refractivity contribution in [2.45, 2.75) is 19.9 Å². The van der Waals surface area contributed by atoms with Crippen LogP contribution in [0.5, 0.6) is 11.5 Å². The monoisotopic (exact) mass is 444 g/mol. The van der Waals surface area contributed by atoms with Crippen molar-refractivity contribution in [1.29, 1.82) is 0 Å². The molecular weight excluding hydrogens is 420 g/mol. The molecule has 7 heteroatoms. The third kappa shape index (κ3) is 4.05. The summed E-state index contributed by atoms with van der Waals surface area (Å²) in [6.45, 7) is 4.13. The van der Waals surface area contributed by atoms with E-state index in [0.717, 1.165) is 0 Å². The zero-order valence-electron chi connectivity index (χ0n) is 18.6. The van der Waals surface area contributed by atoms with Gasteiger partial charge in [-0.05, 0) is 61.4 Å². The van der Waals surface area contributed by atoms with Crippen LogP contribution in [-0.4, -0.2) is 35.5 Å². The highest BCUT2D eigenvalue weighted by atomic mass is 16.5. The first kappa shape index (κ1) is 22.1. The number of hydrogen-bond donors (Lipinski definition) is 1. The Balaban J connectivity index is 1.92. The van der Waals surface area contributed by atoms with E-state index in [0.29, 0.717) is 40.5 Å². The molecule has 0 spiro atoms. The lowest BCUT2D eigenvalue weighted by Crippen LogP contribution is -2.29. The lowest BCUT2D eigenvalue weighted by Gasteiger charge is -2.25. The topological polar surface area (TPSA) is 89.0 Å². The Morgan fingerprint density at radius 3 is 2.58 bits per heavy atom. The molecule has 2 aromatic carbocycles. The van der Waals surface area contributed by atoms with E-state index in [1.165, 1.54) is 4.90 Å². The first-order chi connectivity index (χ1) is 16.0. The van der Waals surface area contributed by atoms with E-state index in [9.17, 15) is 14.7 Å². The van der Waals surface area contributed by atoms with Crippen molar-refractivity contribution in [3.63, 3.8) is 0 Å². The molecule has 1 atom stereocenters. The molecule has 1 aliphatic rings. The Morgan fingerprint density at radius 1 is 1.09 bits per heavy atom. The van der Waals surface area contributed by atoms with Crippen LogP contribution in [0.3, 0.4) is 0 Å². The van der Waals surface area contributed by atoms with Gasteiger partial charge in [0.1, 0.15) is 17.3 Å². The third-order valence-corrected chi connectivity index (χ3v) is 5.54. The molecule has 0 radical (unpaired) electrons. The van der Waals surface area contributed by atoms with Gasteiger partial charge in [-0.1, -0.05) is 12.1 Å². The summed E-state index contributed by atoms with van der Waals surface area (Å²) in [7, 11) is 1.55. The first-order valence-electron chi connectivity index (χ1n) is 10.5. The van der Waals surface area contributed by atoms with Crippen LogP contribution in [0.25, 0.3) is 5.76 Å². The number of aliphatic hydroxyl groups excluding tert-OH is 1. The molecule has 0 bridgehead atoms. The number of anilines is 1. The van der Waals surface area contributed by atoms with Gasteiger partial charge < -0.3 is 14.6 Å². The van der Waals surface area contributed by atoms with E-state index >= 15 is 0 Å². The van der Waals surface area contributed by atoms with E-state index in [2.05, 4.69) is 4.98 Å². The van der Waals surface area contributed by atoms with Gasteiger partial charge in [0.15, 0.2) is 0 Å². The number of carbonyl (C=O) groups excluding carboxylic acids is 2. The second kappa shape index (κ2) is 9.16. The van der Waals surface area contributed by atoms with E-state index in [-0.39, 0.29) is 11.3 Å². The summed E-state index contributed by atoms with van der Waals surface area (Å²) < 4.78 is 10.8. The SMILES string of the molecule is CCOc1cccc(N2C(=O)C(=O)/C(=C(\O)c3ccc(OC)cc3C)C2c2cccnc2)c1. The summed E-state index contributed by atoms with van der Waals surface area (Å²) in [4.78, 5) is 32.0. The fraction of sp³-hybridized carbons (Fsp3) is 0.192. The summed E-state index contributed by atoms with van der Waals surface area (Å²) in [5.74, 6) is -0.539. The van der Waals surface area contributed by atoms with Gasteiger partial charge >= 0.3 is 0 Å². The van der Waals surface area contributed by atoms with Gasteiger partial charge in [0.2, 0.25) is 0 Å². The number of benzene rings is 2. The number of carbonyl (C=O) groups is 2. The van der Waals surface area contributed by atoms with Crippen LogP contribution in [0.15, 0.2) is 72.6 Å². The van der Waals surface area contributed by atoms with Gasteiger partial charge in [-0.3, -0.25) is 19.5 Å². The number of nitrogens with zero attached hydrogens (tertiary/aromatic N) is 2. The quantitative estimate of drug-likeness (QED) is 0.344. The van der Waals surface area contributed by atoms with Crippen LogP contribution in [0.1, 0.15) is 29.7 Å². The maximum Gasteiger partial charge on any atom is 0.300 e. The zero-order valence-corrected chi connectivity index (χ0v) is 18.6. The second-order valence-corrected chi connectivity index (χ2v) is 7.57. The first-order valence-corrected chi connectivity index (χ1v) is 10.5. The summed E-state index contributed by atoms with van der Waals surface area (Å²) >= 11 is 0. The highest BCUT2D eigenvalue weighted by Crippen LogP contribution is 2.43. The normalized spacial score (nSPS) is 17.3. The van der Waals surface area contributed by atoms with Crippen LogP contribution < -0.4 is 14.4 Å². The predicted octanol–water partition coefficient (Wildman–Crippen LogP) is 4.42. The Bertz CT molecular complexity index is 1240. The number of rotatable bonds is 6. The Hall–Kier alpha value is -4.13. The molecular formula is C26H24N2O5. The van der Waals surface area contributed by atoms with Crippen molar-refractivity contribution in [3.05, 3.63) is 89.3 Å². The summed E-state index contributed by atoms with van der Waals surface area (Å²) in [5, 5.41) is 11.3. The highest BCUT2D eigenvalue weighted by Gasteiger charge is 2.47. The van der Waals surface area contributed by atoms with Gasteiger partial charge in [0, 0.05) is 29.7 Å². The molecule has 2 heterocycles. The van der Waals surface area contributed by atoms with Crippen molar-refractivity contribution < 1.29 is 24.2 Å². The van der Waals surface area contributed by atoms with Gasteiger partial charge in [0.05, 0.1) is 25.3 Å². The van der Waals surface area contributed by atoms with Crippen LogP contribution in [-0.2, 0) is 9.59 Å².